The molecule has 16 heavy (non-hydrogen) atoms. The zero-order valence-electron chi connectivity index (χ0n) is 8.44. The molecular formula is C8H9N5OS2. The van der Waals surface area contributed by atoms with Crippen LogP contribution in [0, 0.1) is 3.95 Å². The lowest BCUT2D eigenvalue weighted by Crippen LogP contribution is -1.93. The molecule has 0 amide bonds. The van der Waals surface area contributed by atoms with Crippen LogP contribution in [0.15, 0.2) is 17.8 Å². The van der Waals surface area contributed by atoms with Crippen LogP contribution < -0.4 is 0 Å². The Balaban J connectivity index is 2.32. The minimum atomic E-state index is 0.148. The zero-order chi connectivity index (χ0) is 11.5. The van der Waals surface area contributed by atoms with Crippen molar-refractivity contribution in [1.29, 1.82) is 0 Å². The highest BCUT2D eigenvalue weighted by Gasteiger charge is 2.08. The van der Waals surface area contributed by atoms with E-state index >= 15 is 0 Å². The monoisotopic (exact) mass is 255 g/mol. The van der Waals surface area contributed by atoms with Gasteiger partial charge in [-0.05, 0) is 19.1 Å². The Bertz CT molecular complexity index is 553. The van der Waals surface area contributed by atoms with Crippen molar-refractivity contribution in [3.05, 3.63) is 21.5 Å². The average molecular weight is 255 g/mol. The second-order valence-corrected chi connectivity index (χ2v) is 4.56. The van der Waals surface area contributed by atoms with Gasteiger partial charge in [-0.1, -0.05) is 11.3 Å². The van der Waals surface area contributed by atoms with E-state index in [1.807, 2.05) is 6.92 Å². The van der Waals surface area contributed by atoms with Crippen molar-refractivity contribution in [2.75, 3.05) is 0 Å². The fourth-order valence-electron chi connectivity index (χ4n) is 1.15. The highest BCUT2D eigenvalue weighted by molar-refractivity contribution is 7.73. The van der Waals surface area contributed by atoms with E-state index in [1.165, 1.54) is 34.9 Å². The second-order valence-electron chi connectivity index (χ2n) is 2.89. The van der Waals surface area contributed by atoms with Crippen LogP contribution in [0.25, 0.3) is 0 Å². The number of hydrogen-bond donors (Lipinski definition) is 1. The van der Waals surface area contributed by atoms with Crippen molar-refractivity contribution in [3.63, 3.8) is 0 Å². The Morgan fingerprint density at radius 3 is 2.81 bits per heavy atom. The fraction of sp³-hybridized carbons (Fsp3) is 0.250. The highest BCUT2D eigenvalue weighted by Crippen LogP contribution is 2.23. The predicted octanol–water partition coefficient (Wildman–Crippen LogP) is 1.48. The first-order valence-electron chi connectivity index (χ1n) is 4.54. The van der Waals surface area contributed by atoms with Crippen LogP contribution in [0.2, 0.25) is 0 Å². The van der Waals surface area contributed by atoms with Gasteiger partial charge >= 0.3 is 0 Å². The number of nitrogens with zero attached hydrogens (tertiary/aromatic N) is 5. The minimum Gasteiger partial charge on any atom is -0.493 e. The van der Waals surface area contributed by atoms with Gasteiger partial charge in [0.05, 0.1) is 6.21 Å². The van der Waals surface area contributed by atoms with Crippen LogP contribution in [0.5, 0.6) is 5.88 Å². The molecule has 2 heterocycles. The summed E-state index contributed by atoms with van der Waals surface area (Å²) < 4.78 is 3.72. The average Bonchev–Trinajstić information content (AvgIpc) is 2.85. The molecule has 6 nitrogen and oxygen atoms in total. The summed E-state index contributed by atoms with van der Waals surface area (Å²) in [7, 11) is 0. The van der Waals surface area contributed by atoms with Crippen molar-refractivity contribution in [3.8, 4) is 5.88 Å². The molecule has 0 aliphatic heterocycles. The Morgan fingerprint density at radius 1 is 1.56 bits per heavy atom. The first kappa shape index (κ1) is 11.0. The summed E-state index contributed by atoms with van der Waals surface area (Å²) in [5.41, 5.74) is 0. The lowest BCUT2D eigenvalue weighted by atomic mass is 10.5. The van der Waals surface area contributed by atoms with Crippen molar-refractivity contribution >= 4 is 29.8 Å². The first-order chi connectivity index (χ1) is 7.72. The van der Waals surface area contributed by atoms with Crippen LogP contribution >= 0.6 is 23.6 Å². The molecule has 0 saturated carbocycles. The topological polar surface area (TPSA) is 68.2 Å². The lowest BCUT2D eigenvalue weighted by molar-refractivity contribution is 0.419. The van der Waals surface area contributed by atoms with Gasteiger partial charge < -0.3 is 5.11 Å². The summed E-state index contributed by atoms with van der Waals surface area (Å²) in [4.78, 5) is 0.626. The highest BCUT2D eigenvalue weighted by atomic mass is 32.1. The normalized spacial score (nSPS) is 11.3. The molecule has 0 bridgehead atoms. The third kappa shape index (κ3) is 2.02. The maximum absolute atomic E-state index is 9.81. The Hall–Kier alpha value is -1.54. The molecule has 0 aliphatic carbocycles. The lowest BCUT2D eigenvalue weighted by Gasteiger charge is -1.97. The summed E-state index contributed by atoms with van der Waals surface area (Å²) in [5.74, 6) is 0.148. The molecule has 8 heteroatoms. The molecule has 2 aromatic rings. The zero-order valence-corrected chi connectivity index (χ0v) is 10.1. The van der Waals surface area contributed by atoms with E-state index in [2.05, 4.69) is 15.3 Å². The molecule has 0 atom stereocenters. The summed E-state index contributed by atoms with van der Waals surface area (Å²) in [6.07, 6.45) is 4.46. The molecule has 0 spiro atoms. The van der Waals surface area contributed by atoms with Gasteiger partial charge in [-0.15, -0.1) is 10.2 Å². The molecule has 0 radical (unpaired) electrons. The summed E-state index contributed by atoms with van der Waals surface area (Å²) in [6.45, 7) is 2.56. The fourth-order valence-corrected chi connectivity index (χ4v) is 2.45. The maximum Gasteiger partial charge on any atom is 0.212 e. The molecule has 0 fully saturated rings. The SMILES string of the molecule is CCn1c(O)c(/C=N/n2cnnc2)sc1=S. The molecule has 2 aromatic heterocycles. The summed E-state index contributed by atoms with van der Waals surface area (Å²) in [5, 5.41) is 21.1. The van der Waals surface area contributed by atoms with Crippen molar-refractivity contribution in [2.45, 2.75) is 13.5 Å². The van der Waals surface area contributed by atoms with Gasteiger partial charge in [0.2, 0.25) is 5.88 Å². The van der Waals surface area contributed by atoms with E-state index in [-0.39, 0.29) is 5.88 Å². The maximum atomic E-state index is 9.81. The van der Waals surface area contributed by atoms with Crippen LogP contribution in [-0.2, 0) is 6.54 Å². The van der Waals surface area contributed by atoms with E-state index < -0.39 is 0 Å². The van der Waals surface area contributed by atoms with Crippen LogP contribution in [0.1, 0.15) is 11.8 Å². The third-order valence-corrected chi connectivity index (χ3v) is 3.30. The van der Waals surface area contributed by atoms with Gasteiger partial charge in [0.1, 0.15) is 17.5 Å². The Morgan fingerprint density at radius 2 is 2.25 bits per heavy atom. The largest absolute Gasteiger partial charge is 0.493 e. The second kappa shape index (κ2) is 4.54. The van der Waals surface area contributed by atoms with Gasteiger partial charge in [-0.3, -0.25) is 4.57 Å². The van der Waals surface area contributed by atoms with E-state index in [1.54, 1.807) is 4.57 Å². The number of rotatable bonds is 3. The van der Waals surface area contributed by atoms with Crippen LogP contribution in [0.3, 0.4) is 0 Å². The van der Waals surface area contributed by atoms with Gasteiger partial charge in [-0.2, -0.15) is 5.10 Å². The van der Waals surface area contributed by atoms with Crippen molar-refractivity contribution < 1.29 is 5.11 Å². The molecule has 0 unspecified atom stereocenters. The van der Waals surface area contributed by atoms with Gasteiger partial charge in [0, 0.05) is 6.54 Å². The number of thiazole rings is 1. The molecule has 0 aromatic carbocycles. The van der Waals surface area contributed by atoms with E-state index in [0.29, 0.717) is 15.4 Å². The molecule has 84 valence electrons. The van der Waals surface area contributed by atoms with Crippen LogP contribution in [-0.4, -0.2) is 30.8 Å². The first-order valence-corrected chi connectivity index (χ1v) is 5.76. The van der Waals surface area contributed by atoms with E-state index in [0.717, 1.165) is 0 Å². The third-order valence-electron chi connectivity index (χ3n) is 1.92. The summed E-state index contributed by atoms with van der Waals surface area (Å²) in [6, 6.07) is 0. The predicted molar refractivity (Wildman–Crippen MR) is 63.5 cm³/mol. The van der Waals surface area contributed by atoms with Gasteiger partial charge in [-0.25, -0.2) is 4.68 Å². The standard InChI is InChI=1S/C8H9N5OS2/c1-2-13-7(14)6(16-8(13)15)3-11-12-4-9-10-5-12/h3-5,14H,2H2,1H3/b11-3+. The van der Waals surface area contributed by atoms with Crippen molar-refractivity contribution in [1.82, 2.24) is 19.4 Å². The van der Waals surface area contributed by atoms with Crippen molar-refractivity contribution in [2.24, 2.45) is 5.10 Å². The van der Waals surface area contributed by atoms with Gasteiger partial charge in [0.25, 0.3) is 0 Å². The minimum absolute atomic E-state index is 0.148. The Kier molecular flexibility index (Phi) is 3.11. The molecule has 2 rings (SSSR count). The Labute approximate surface area is 100 Å². The number of hydrogen-bond acceptors (Lipinski definition) is 6. The van der Waals surface area contributed by atoms with E-state index in [9.17, 15) is 5.11 Å². The van der Waals surface area contributed by atoms with E-state index in [4.69, 9.17) is 12.2 Å². The molecule has 0 aliphatic rings. The molecule has 0 saturated heterocycles. The van der Waals surface area contributed by atoms with Crippen LogP contribution in [0.4, 0.5) is 0 Å². The molecule has 1 N–H and O–H groups in total. The molecular weight excluding hydrogens is 246 g/mol. The smallest absolute Gasteiger partial charge is 0.212 e. The summed E-state index contributed by atoms with van der Waals surface area (Å²) >= 11 is 6.41. The van der Waals surface area contributed by atoms with Gasteiger partial charge in [0.15, 0.2) is 3.95 Å². The number of aromatic nitrogens is 4. The number of aromatic hydroxyl groups is 1. The quantitative estimate of drug-likeness (QED) is 0.666.